The Labute approximate surface area is 142 Å². The fourth-order valence-corrected chi connectivity index (χ4v) is 3.00. The van der Waals surface area contributed by atoms with Gasteiger partial charge in [-0.25, -0.2) is 4.98 Å². The molecule has 1 atom stereocenters. The summed E-state index contributed by atoms with van der Waals surface area (Å²) in [7, 11) is 5.74. The van der Waals surface area contributed by atoms with Gasteiger partial charge in [0.1, 0.15) is 11.4 Å². The number of ether oxygens (including phenoxy) is 1. The first-order valence-corrected chi connectivity index (χ1v) is 8.07. The molecule has 1 aromatic carbocycles. The second-order valence-corrected chi connectivity index (χ2v) is 6.27. The van der Waals surface area contributed by atoms with E-state index in [1.807, 2.05) is 50.6 Å². The molecule has 0 radical (unpaired) electrons. The maximum Gasteiger partial charge on any atom is 0.137 e. The van der Waals surface area contributed by atoms with Gasteiger partial charge in [-0.3, -0.25) is 0 Å². The van der Waals surface area contributed by atoms with Crippen LogP contribution < -0.4 is 10.5 Å². The van der Waals surface area contributed by atoms with Crippen molar-refractivity contribution < 1.29 is 4.74 Å². The molecule has 0 spiro atoms. The summed E-state index contributed by atoms with van der Waals surface area (Å²) in [6.07, 6.45) is 2.78. The van der Waals surface area contributed by atoms with E-state index in [4.69, 9.17) is 15.5 Å². The molecule has 1 unspecified atom stereocenters. The molecule has 2 heterocycles. The molecule has 0 aliphatic carbocycles. The fraction of sp³-hybridized carbons (Fsp3) is 0.316. The first-order valence-electron chi connectivity index (χ1n) is 8.07. The summed E-state index contributed by atoms with van der Waals surface area (Å²) in [6.45, 7) is 0.776. The van der Waals surface area contributed by atoms with E-state index in [0.29, 0.717) is 0 Å². The number of likely N-dealkylation sites (N-methyl/N-ethyl adjacent to an activating group) is 1. The van der Waals surface area contributed by atoms with Crippen LogP contribution in [0.15, 0.2) is 48.7 Å². The highest BCUT2D eigenvalue weighted by atomic mass is 16.5. The van der Waals surface area contributed by atoms with Crippen molar-refractivity contribution in [2.75, 3.05) is 27.7 Å². The quantitative estimate of drug-likeness (QED) is 0.757. The van der Waals surface area contributed by atoms with Gasteiger partial charge in [0.05, 0.1) is 24.5 Å². The van der Waals surface area contributed by atoms with Gasteiger partial charge in [0.2, 0.25) is 0 Å². The number of aromatic nitrogens is 2. The van der Waals surface area contributed by atoms with Crippen molar-refractivity contribution in [3.05, 3.63) is 65.6 Å². The summed E-state index contributed by atoms with van der Waals surface area (Å²) < 4.78 is 7.33. The van der Waals surface area contributed by atoms with Gasteiger partial charge in [0.15, 0.2) is 0 Å². The van der Waals surface area contributed by atoms with E-state index in [1.54, 1.807) is 7.11 Å². The number of nitrogens with two attached hydrogens (primary N) is 1. The van der Waals surface area contributed by atoms with Crippen molar-refractivity contribution in [1.29, 1.82) is 0 Å². The van der Waals surface area contributed by atoms with Crippen molar-refractivity contribution >= 4 is 5.65 Å². The summed E-state index contributed by atoms with van der Waals surface area (Å²) in [5.41, 5.74) is 10.7. The van der Waals surface area contributed by atoms with E-state index in [1.165, 1.54) is 5.56 Å². The van der Waals surface area contributed by atoms with Crippen LogP contribution in [0.25, 0.3) is 5.65 Å². The van der Waals surface area contributed by atoms with Crippen molar-refractivity contribution in [3.8, 4) is 5.75 Å². The average molecular weight is 324 g/mol. The Morgan fingerprint density at radius 3 is 2.58 bits per heavy atom. The standard InChI is InChI=1S/C19H24N4O/c1-22(2)13-16(20)19-17(21-18-6-4-5-11-23(18)19)12-14-7-9-15(24-3)10-8-14/h4-11,16H,12-13,20H2,1-3H3. The van der Waals surface area contributed by atoms with Gasteiger partial charge in [-0.15, -0.1) is 0 Å². The topological polar surface area (TPSA) is 55.8 Å². The maximum atomic E-state index is 6.48. The molecule has 3 aromatic rings. The summed E-state index contributed by atoms with van der Waals surface area (Å²) in [4.78, 5) is 6.91. The molecule has 0 bridgehead atoms. The number of benzene rings is 1. The zero-order valence-corrected chi connectivity index (χ0v) is 14.4. The summed E-state index contributed by atoms with van der Waals surface area (Å²) in [6, 6.07) is 14.0. The molecule has 5 nitrogen and oxygen atoms in total. The number of fused-ring (bicyclic) bond motifs is 1. The molecule has 0 aliphatic rings. The van der Waals surface area contributed by atoms with Crippen LogP contribution in [-0.4, -0.2) is 42.0 Å². The van der Waals surface area contributed by atoms with Crippen LogP contribution in [-0.2, 0) is 6.42 Å². The first-order chi connectivity index (χ1) is 11.6. The zero-order valence-electron chi connectivity index (χ0n) is 14.4. The minimum atomic E-state index is -0.0920. The fourth-order valence-electron chi connectivity index (χ4n) is 3.00. The van der Waals surface area contributed by atoms with Crippen LogP contribution in [0.2, 0.25) is 0 Å². The minimum Gasteiger partial charge on any atom is -0.497 e. The number of hydrogen-bond donors (Lipinski definition) is 1. The number of hydrogen-bond acceptors (Lipinski definition) is 4. The molecule has 0 fully saturated rings. The van der Waals surface area contributed by atoms with E-state index < -0.39 is 0 Å². The molecule has 3 rings (SSSR count). The molecule has 0 aliphatic heterocycles. The molecule has 2 N–H and O–H groups in total. The molecule has 126 valence electrons. The highest BCUT2D eigenvalue weighted by molar-refractivity contribution is 5.45. The van der Waals surface area contributed by atoms with Gasteiger partial charge in [-0.1, -0.05) is 18.2 Å². The van der Waals surface area contributed by atoms with Gasteiger partial charge in [-0.2, -0.15) is 0 Å². The monoisotopic (exact) mass is 324 g/mol. The van der Waals surface area contributed by atoms with E-state index in [2.05, 4.69) is 21.4 Å². The van der Waals surface area contributed by atoms with Crippen LogP contribution in [0.5, 0.6) is 5.75 Å². The SMILES string of the molecule is COc1ccc(Cc2nc3ccccn3c2C(N)CN(C)C)cc1. The number of pyridine rings is 1. The lowest BCUT2D eigenvalue weighted by molar-refractivity contribution is 0.372. The molecular formula is C19H24N4O. The molecule has 5 heteroatoms. The molecule has 0 saturated carbocycles. The van der Waals surface area contributed by atoms with Crippen molar-refractivity contribution in [1.82, 2.24) is 14.3 Å². The Hall–Kier alpha value is -2.37. The van der Waals surface area contributed by atoms with Gasteiger partial charge in [0.25, 0.3) is 0 Å². The number of nitrogens with zero attached hydrogens (tertiary/aromatic N) is 3. The van der Waals surface area contributed by atoms with E-state index in [-0.39, 0.29) is 6.04 Å². The van der Waals surface area contributed by atoms with Crippen molar-refractivity contribution in [2.24, 2.45) is 5.73 Å². The second-order valence-electron chi connectivity index (χ2n) is 6.27. The minimum absolute atomic E-state index is 0.0920. The lowest BCUT2D eigenvalue weighted by Crippen LogP contribution is -2.27. The van der Waals surface area contributed by atoms with Crippen molar-refractivity contribution in [2.45, 2.75) is 12.5 Å². The van der Waals surface area contributed by atoms with Gasteiger partial charge >= 0.3 is 0 Å². The Kier molecular flexibility index (Phi) is 4.83. The van der Waals surface area contributed by atoms with Gasteiger partial charge in [-0.05, 0) is 43.9 Å². The Balaban J connectivity index is 1.99. The number of methoxy groups -OCH3 is 1. The molecule has 24 heavy (non-hydrogen) atoms. The molecule has 0 saturated heterocycles. The highest BCUT2D eigenvalue weighted by Crippen LogP contribution is 2.23. The maximum absolute atomic E-state index is 6.48. The van der Waals surface area contributed by atoms with E-state index >= 15 is 0 Å². The Morgan fingerprint density at radius 1 is 1.17 bits per heavy atom. The lowest BCUT2D eigenvalue weighted by atomic mass is 10.0. The normalized spacial score (nSPS) is 12.7. The largest absolute Gasteiger partial charge is 0.497 e. The Bertz CT molecular complexity index is 808. The third-order valence-electron chi connectivity index (χ3n) is 4.09. The number of imidazole rings is 1. The average Bonchev–Trinajstić information content (AvgIpc) is 2.92. The smallest absolute Gasteiger partial charge is 0.137 e. The third-order valence-corrected chi connectivity index (χ3v) is 4.09. The number of rotatable bonds is 6. The third kappa shape index (κ3) is 3.42. The summed E-state index contributed by atoms with van der Waals surface area (Å²) in [5.74, 6) is 0.860. The van der Waals surface area contributed by atoms with E-state index in [9.17, 15) is 0 Å². The predicted octanol–water partition coefficient (Wildman–Crippen LogP) is 2.50. The van der Waals surface area contributed by atoms with Crippen LogP contribution in [0, 0.1) is 0 Å². The highest BCUT2D eigenvalue weighted by Gasteiger charge is 2.19. The van der Waals surface area contributed by atoms with Gasteiger partial charge < -0.3 is 19.8 Å². The predicted molar refractivity (Wildman–Crippen MR) is 96.5 cm³/mol. The molecule has 0 amide bonds. The van der Waals surface area contributed by atoms with Crippen LogP contribution in [0.3, 0.4) is 0 Å². The second kappa shape index (κ2) is 7.03. The zero-order chi connectivity index (χ0) is 17.1. The van der Waals surface area contributed by atoms with Crippen LogP contribution in [0.1, 0.15) is 23.0 Å². The molecule has 2 aromatic heterocycles. The van der Waals surface area contributed by atoms with Crippen molar-refractivity contribution in [3.63, 3.8) is 0 Å². The lowest BCUT2D eigenvalue weighted by Gasteiger charge is -2.18. The summed E-state index contributed by atoms with van der Waals surface area (Å²) >= 11 is 0. The molecular weight excluding hydrogens is 300 g/mol. The summed E-state index contributed by atoms with van der Waals surface area (Å²) in [5, 5.41) is 0. The van der Waals surface area contributed by atoms with E-state index in [0.717, 1.165) is 35.8 Å². The van der Waals surface area contributed by atoms with Crippen LogP contribution >= 0.6 is 0 Å². The van der Waals surface area contributed by atoms with Crippen LogP contribution in [0.4, 0.5) is 0 Å². The van der Waals surface area contributed by atoms with Gasteiger partial charge in [0, 0.05) is 19.2 Å². The first kappa shape index (κ1) is 16.5. The Morgan fingerprint density at radius 2 is 1.92 bits per heavy atom.